The molecular formula is C9H13N5O2. The highest BCUT2D eigenvalue weighted by Gasteiger charge is 2.20. The highest BCUT2D eigenvalue weighted by molar-refractivity contribution is 5.46. The van der Waals surface area contributed by atoms with Gasteiger partial charge in [-0.15, -0.1) is 0 Å². The Kier molecular flexibility index (Phi) is 2.71. The number of aryl methyl sites for hydroxylation is 1. The van der Waals surface area contributed by atoms with Crippen LogP contribution >= 0.6 is 0 Å². The highest BCUT2D eigenvalue weighted by atomic mass is 16.5. The van der Waals surface area contributed by atoms with Crippen LogP contribution in [0, 0.1) is 0 Å². The summed E-state index contributed by atoms with van der Waals surface area (Å²) < 4.78 is 6.59. The lowest BCUT2D eigenvalue weighted by atomic mass is 10.2. The lowest BCUT2D eigenvalue weighted by Crippen LogP contribution is -2.23. The van der Waals surface area contributed by atoms with Crippen LogP contribution in [0.15, 0.2) is 16.8 Å². The number of aliphatic hydroxyl groups excluding tert-OH is 1. The second-order valence-electron chi connectivity index (χ2n) is 3.60. The fourth-order valence-electron chi connectivity index (χ4n) is 1.22. The number of rotatable bonds is 3. The topological polar surface area (TPSA) is 103 Å². The summed E-state index contributed by atoms with van der Waals surface area (Å²) in [6.07, 6.45) is 1.04. The van der Waals surface area contributed by atoms with Crippen LogP contribution in [0.5, 0.6) is 0 Å². The van der Waals surface area contributed by atoms with Crippen LogP contribution in [0.4, 0.5) is 0 Å². The van der Waals surface area contributed by atoms with Gasteiger partial charge in [0.05, 0.1) is 6.10 Å². The van der Waals surface area contributed by atoms with Crippen LogP contribution in [0.3, 0.4) is 0 Å². The first-order valence-corrected chi connectivity index (χ1v) is 4.85. The third kappa shape index (κ3) is 1.95. The monoisotopic (exact) mass is 223 g/mol. The molecule has 0 bridgehead atoms. The summed E-state index contributed by atoms with van der Waals surface area (Å²) in [5, 5.41) is 17.2. The summed E-state index contributed by atoms with van der Waals surface area (Å²) in [6, 6.07) is 1.09. The van der Waals surface area contributed by atoms with E-state index in [0.717, 1.165) is 0 Å². The second-order valence-corrected chi connectivity index (χ2v) is 3.60. The van der Waals surface area contributed by atoms with E-state index in [1.807, 2.05) is 0 Å². The molecule has 2 atom stereocenters. The molecule has 2 aromatic rings. The normalized spacial score (nSPS) is 15.0. The molecule has 3 N–H and O–H groups in total. The predicted molar refractivity (Wildman–Crippen MR) is 55.1 cm³/mol. The smallest absolute Gasteiger partial charge is 0.246 e. The third-order valence-corrected chi connectivity index (χ3v) is 2.19. The molecule has 0 amide bonds. The summed E-state index contributed by atoms with van der Waals surface area (Å²) in [5.41, 5.74) is 6.27. The summed E-state index contributed by atoms with van der Waals surface area (Å²) in [5.74, 6) is 0.572. The van der Waals surface area contributed by atoms with Crippen molar-refractivity contribution in [3.05, 3.63) is 18.2 Å². The lowest BCUT2D eigenvalue weighted by molar-refractivity contribution is 0.146. The summed E-state index contributed by atoms with van der Waals surface area (Å²) in [7, 11) is 1.80. The molecule has 86 valence electrons. The Morgan fingerprint density at radius 1 is 1.56 bits per heavy atom. The molecule has 0 aromatic carbocycles. The fraction of sp³-hybridized carbons (Fsp3) is 0.444. The van der Waals surface area contributed by atoms with E-state index in [9.17, 15) is 5.11 Å². The predicted octanol–water partition coefficient (Wildman–Crippen LogP) is -0.149. The van der Waals surface area contributed by atoms with Crippen molar-refractivity contribution in [2.45, 2.75) is 19.1 Å². The molecule has 16 heavy (non-hydrogen) atoms. The first-order chi connectivity index (χ1) is 7.58. The van der Waals surface area contributed by atoms with Crippen molar-refractivity contribution in [1.29, 1.82) is 0 Å². The van der Waals surface area contributed by atoms with Gasteiger partial charge in [0.25, 0.3) is 0 Å². The van der Waals surface area contributed by atoms with Crippen molar-refractivity contribution >= 4 is 0 Å². The minimum Gasteiger partial charge on any atom is -0.391 e. The SMILES string of the molecule is C[C@@H](O)[C@H](N)c1nc(-c2ccn(C)n2)no1. The number of aromatic nitrogens is 4. The Morgan fingerprint density at radius 3 is 2.88 bits per heavy atom. The Morgan fingerprint density at radius 2 is 2.31 bits per heavy atom. The molecule has 0 aliphatic heterocycles. The van der Waals surface area contributed by atoms with E-state index in [1.165, 1.54) is 0 Å². The van der Waals surface area contributed by atoms with E-state index in [-0.39, 0.29) is 5.89 Å². The number of hydrogen-bond donors (Lipinski definition) is 2. The van der Waals surface area contributed by atoms with E-state index >= 15 is 0 Å². The first kappa shape index (κ1) is 10.8. The van der Waals surface area contributed by atoms with E-state index in [2.05, 4.69) is 15.2 Å². The molecule has 2 rings (SSSR count). The van der Waals surface area contributed by atoms with Crippen molar-refractivity contribution < 1.29 is 9.63 Å². The number of hydrogen-bond acceptors (Lipinski definition) is 6. The van der Waals surface area contributed by atoms with Gasteiger partial charge in [-0.3, -0.25) is 4.68 Å². The molecule has 0 fully saturated rings. The van der Waals surface area contributed by atoms with E-state index in [4.69, 9.17) is 10.3 Å². The van der Waals surface area contributed by atoms with Crippen LogP contribution in [-0.4, -0.2) is 31.1 Å². The maximum atomic E-state index is 9.29. The van der Waals surface area contributed by atoms with Gasteiger partial charge in [-0.1, -0.05) is 5.16 Å². The number of nitrogens with two attached hydrogens (primary N) is 1. The largest absolute Gasteiger partial charge is 0.391 e. The van der Waals surface area contributed by atoms with Crippen LogP contribution in [0.2, 0.25) is 0 Å². The molecule has 0 unspecified atom stereocenters. The zero-order chi connectivity index (χ0) is 11.7. The van der Waals surface area contributed by atoms with Gasteiger partial charge in [-0.05, 0) is 13.0 Å². The van der Waals surface area contributed by atoms with Crippen molar-refractivity contribution in [1.82, 2.24) is 19.9 Å². The number of aliphatic hydroxyl groups is 1. The van der Waals surface area contributed by atoms with Crippen LogP contribution in [-0.2, 0) is 7.05 Å². The average Bonchev–Trinajstić information content (AvgIpc) is 2.84. The van der Waals surface area contributed by atoms with Crippen LogP contribution in [0.25, 0.3) is 11.5 Å². The molecule has 2 aromatic heterocycles. The molecule has 0 saturated carbocycles. The molecule has 0 aliphatic rings. The van der Waals surface area contributed by atoms with Gasteiger partial charge in [0.15, 0.2) is 0 Å². The fourth-order valence-corrected chi connectivity index (χ4v) is 1.22. The molecule has 0 aliphatic carbocycles. The Hall–Kier alpha value is -1.73. The summed E-state index contributed by atoms with van der Waals surface area (Å²) >= 11 is 0. The van der Waals surface area contributed by atoms with Gasteiger partial charge >= 0.3 is 0 Å². The van der Waals surface area contributed by atoms with Gasteiger partial charge in [0.2, 0.25) is 11.7 Å². The van der Waals surface area contributed by atoms with E-state index in [0.29, 0.717) is 11.5 Å². The maximum Gasteiger partial charge on any atom is 0.246 e. The number of nitrogens with zero attached hydrogens (tertiary/aromatic N) is 4. The van der Waals surface area contributed by atoms with Crippen molar-refractivity contribution in [2.75, 3.05) is 0 Å². The zero-order valence-corrected chi connectivity index (χ0v) is 9.03. The molecule has 0 saturated heterocycles. The standard InChI is InChI=1S/C9H13N5O2/c1-5(15)7(10)9-11-8(13-16-9)6-3-4-14(2)12-6/h3-5,7,15H,10H2,1-2H3/t5-,7+/m1/s1. The molecule has 0 spiro atoms. The van der Waals surface area contributed by atoms with Crippen LogP contribution in [0.1, 0.15) is 18.9 Å². The van der Waals surface area contributed by atoms with Gasteiger partial charge in [0, 0.05) is 13.2 Å². The molecule has 7 heteroatoms. The Labute approximate surface area is 91.9 Å². The van der Waals surface area contributed by atoms with Gasteiger partial charge in [0.1, 0.15) is 11.7 Å². The molecular weight excluding hydrogens is 210 g/mol. The van der Waals surface area contributed by atoms with E-state index in [1.54, 1.807) is 30.9 Å². The molecule has 7 nitrogen and oxygen atoms in total. The minimum atomic E-state index is -0.739. The van der Waals surface area contributed by atoms with Gasteiger partial charge < -0.3 is 15.4 Å². The Balaban J connectivity index is 2.26. The van der Waals surface area contributed by atoms with Gasteiger partial charge in [-0.2, -0.15) is 10.1 Å². The summed E-state index contributed by atoms with van der Waals surface area (Å²) in [4.78, 5) is 4.08. The van der Waals surface area contributed by atoms with Crippen LogP contribution < -0.4 is 5.73 Å². The lowest BCUT2D eigenvalue weighted by Gasteiger charge is -2.08. The third-order valence-electron chi connectivity index (χ3n) is 2.19. The quantitative estimate of drug-likeness (QED) is 0.750. The van der Waals surface area contributed by atoms with E-state index < -0.39 is 12.1 Å². The second kappa shape index (κ2) is 4.03. The zero-order valence-electron chi connectivity index (χ0n) is 9.03. The molecule has 0 radical (unpaired) electrons. The molecule has 2 heterocycles. The van der Waals surface area contributed by atoms with Crippen molar-refractivity contribution in [3.8, 4) is 11.5 Å². The minimum absolute atomic E-state index is 0.204. The summed E-state index contributed by atoms with van der Waals surface area (Å²) in [6.45, 7) is 1.56. The van der Waals surface area contributed by atoms with Crippen molar-refractivity contribution in [3.63, 3.8) is 0 Å². The maximum absolute atomic E-state index is 9.29. The first-order valence-electron chi connectivity index (χ1n) is 4.85. The average molecular weight is 223 g/mol. The highest BCUT2D eigenvalue weighted by Crippen LogP contribution is 2.17. The van der Waals surface area contributed by atoms with Crippen molar-refractivity contribution in [2.24, 2.45) is 12.8 Å². The van der Waals surface area contributed by atoms with Gasteiger partial charge in [-0.25, -0.2) is 0 Å². The Bertz CT molecular complexity index is 476.